The first kappa shape index (κ1) is 22.3. The molecule has 0 N–H and O–H groups in total. The number of hydrogen-bond acceptors (Lipinski definition) is 7. The second kappa shape index (κ2) is 11.7. The molecule has 7 heteroatoms. The van der Waals surface area contributed by atoms with Crippen molar-refractivity contribution in [3.05, 3.63) is 102 Å². The number of carbonyl (C=O) groups excluding carboxylic acids is 3. The van der Waals surface area contributed by atoms with E-state index >= 15 is 0 Å². The quantitative estimate of drug-likeness (QED) is 0.380. The van der Waals surface area contributed by atoms with Gasteiger partial charge >= 0.3 is 6.15 Å². The van der Waals surface area contributed by atoms with Gasteiger partial charge in [0.25, 0.3) is 5.89 Å². The molecule has 0 spiro atoms. The first-order chi connectivity index (χ1) is 15.7. The third kappa shape index (κ3) is 6.58. The van der Waals surface area contributed by atoms with Crippen LogP contribution in [0.4, 0.5) is 0 Å². The van der Waals surface area contributed by atoms with Crippen LogP contribution in [0.25, 0.3) is 11.5 Å². The van der Waals surface area contributed by atoms with Gasteiger partial charge in [-0.2, -0.15) is 9.59 Å². The molecule has 0 fully saturated rings. The van der Waals surface area contributed by atoms with E-state index in [2.05, 4.69) is 9.97 Å². The molecule has 0 aliphatic rings. The molecule has 0 unspecified atom stereocenters. The predicted molar refractivity (Wildman–Crippen MR) is 115 cm³/mol. The highest BCUT2D eigenvalue weighted by Gasteiger charge is 2.14. The van der Waals surface area contributed by atoms with Gasteiger partial charge in [-0.15, -0.1) is 0 Å². The third-order valence-corrected chi connectivity index (χ3v) is 4.47. The Morgan fingerprint density at radius 2 is 1.56 bits per heavy atom. The van der Waals surface area contributed by atoms with Crippen LogP contribution in [0.3, 0.4) is 0 Å². The van der Waals surface area contributed by atoms with E-state index in [1.54, 1.807) is 6.20 Å². The van der Waals surface area contributed by atoms with E-state index < -0.39 is 0 Å². The molecule has 2 aromatic carbocycles. The van der Waals surface area contributed by atoms with Crippen molar-refractivity contribution in [2.45, 2.75) is 19.4 Å². The molecule has 160 valence electrons. The summed E-state index contributed by atoms with van der Waals surface area (Å²) in [6.07, 6.45) is 4.42. The van der Waals surface area contributed by atoms with Crippen LogP contribution < -0.4 is 4.74 Å². The number of aryl methyl sites for hydroxylation is 1. The Balaban J connectivity index is 0.000000913. The SMILES string of the molecule is O=C(CCc1ccc(COc2ccccc2)cc1)c1ncc(-c2ccccn2)o1.O=C=O. The zero-order valence-electron chi connectivity index (χ0n) is 17.1. The maximum atomic E-state index is 12.4. The number of oxazole rings is 1. The summed E-state index contributed by atoms with van der Waals surface area (Å²) in [6.45, 7) is 0.510. The lowest BCUT2D eigenvalue weighted by Crippen LogP contribution is -2.02. The number of nitrogens with zero attached hydrogens (tertiary/aromatic N) is 2. The number of ketones is 1. The Hall–Kier alpha value is -4.35. The first-order valence-electron chi connectivity index (χ1n) is 9.85. The topological polar surface area (TPSA) is 99.4 Å². The second-order valence-electron chi connectivity index (χ2n) is 6.67. The van der Waals surface area contributed by atoms with Crippen molar-refractivity contribution in [2.24, 2.45) is 0 Å². The largest absolute Gasteiger partial charge is 0.489 e. The molecule has 4 rings (SSSR count). The lowest BCUT2D eigenvalue weighted by molar-refractivity contribution is -0.191. The Labute approximate surface area is 184 Å². The van der Waals surface area contributed by atoms with Crippen LogP contribution in [-0.4, -0.2) is 21.9 Å². The minimum atomic E-state index is -0.122. The third-order valence-electron chi connectivity index (χ3n) is 4.47. The minimum absolute atomic E-state index is 0.122. The van der Waals surface area contributed by atoms with Crippen LogP contribution in [0, 0.1) is 0 Å². The summed E-state index contributed by atoms with van der Waals surface area (Å²) in [5, 5.41) is 0. The number of para-hydroxylation sites is 1. The average molecular weight is 428 g/mol. The molecule has 0 atom stereocenters. The summed E-state index contributed by atoms with van der Waals surface area (Å²) < 4.78 is 11.3. The summed E-state index contributed by atoms with van der Waals surface area (Å²) in [5.74, 6) is 1.34. The maximum absolute atomic E-state index is 12.4. The number of carbonyl (C=O) groups is 1. The van der Waals surface area contributed by atoms with E-state index in [0.717, 1.165) is 16.9 Å². The summed E-state index contributed by atoms with van der Waals surface area (Å²) in [6, 6.07) is 23.3. The highest BCUT2D eigenvalue weighted by molar-refractivity contribution is 5.92. The molecule has 2 aromatic heterocycles. The number of rotatable bonds is 8. The number of pyridine rings is 1. The van der Waals surface area contributed by atoms with Gasteiger partial charge in [0.2, 0.25) is 5.78 Å². The fourth-order valence-electron chi connectivity index (χ4n) is 2.88. The molecule has 0 saturated carbocycles. The van der Waals surface area contributed by atoms with E-state index in [-0.39, 0.29) is 17.8 Å². The molecule has 0 radical (unpaired) electrons. The van der Waals surface area contributed by atoms with Gasteiger partial charge in [0.15, 0.2) is 5.76 Å². The molecule has 0 aliphatic heterocycles. The Bertz CT molecular complexity index is 1150. The van der Waals surface area contributed by atoms with Gasteiger partial charge in [0.1, 0.15) is 18.1 Å². The van der Waals surface area contributed by atoms with Crippen LogP contribution >= 0.6 is 0 Å². The van der Waals surface area contributed by atoms with Crippen LogP contribution in [0.5, 0.6) is 5.75 Å². The van der Waals surface area contributed by atoms with Crippen molar-refractivity contribution >= 4 is 11.9 Å². The van der Waals surface area contributed by atoms with Crippen LogP contribution in [0.15, 0.2) is 89.6 Å². The van der Waals surface area contributed by atoms with Crippen LogP contribution in [0.1, 0.15) is 28.2 Å². The fraction of sp³-hybridized carbons (Fsp3) is 0.120. The molecular weight excluding hydrogens is 408 g/mol. The second-order valence-corrected chi connectivity index (χ2v) is 6.67. The van der Waals surface area contributed by atoms with Crippen molar-refractivity contribution in [3.8, 4) is 17.2 Å². The fourth-order valence-corrected chi connectivity index (χ4v) is 2.88. The van der Waals surface area contributed by atoms with Crippen molar-refractivity contribution < 1.29 is 23.5 Å². The summed E-state index contributed by atoms with van der Waals surface area (Å²) >= 11 is 0. The Morgan fingerprint density at radius 3 is 2.25 bits per heavy atom. The van der Waals surface area contributed by atoms with Crippen LogP contribution in [0.2, 0.25) is 0 Å². The van der Waals surface area contributed by atoms with Crippen molar-refractivity contribution in [3.63, 3.8) is 0 Å². The van der Waals surface area contributed by atoms with E-state index in [1.165, 1.54) is 6.20 Å². The number of benzene rings is 2. The summed E-state index contributed by atoms with van der Waals surface area (Å²) in [7, 11) is 0. The number of hydrogen-bond donors (Lipinski definition) is 0. The maximum Gasteiger partial charge on any atom is 0.373 e. The van der Waals surface area contributed by atoms with Crippen molar-refractivity contribution in [1.29, 1.82) is 0 Å². The average Bonchev–Trinajstić information content (AvgIpc) is 3.34. The van der Waals surface area contributed by atoms with Gasteiger partial charge in [-0.05, 0) is 41.8 Å². The van der Waals surface area contributed by atoms with Gasteiger partial charge in [-0.1, -0.05) is 48.5 Å². The zero-order chi connectivity index (χ0) is 22.6. The molecule has 2 heterocycles. The summed E-state index contributed by atoms with van der Waals surface area (Å²) in [5.41, 5.74) is 2.82. The molecule has 0 saturated heterocycles. The molecule has 32 heavy (non-hydrogen) atoms. The van der Waals surface area contributed by atoms with Crippen LogP contribution in [-0.2, 0) is 22.6 Å². The highest BCUT2D eigenvalue weighted by atomic mass is 16.5. The lowest BCUT2D eigenvalue weighted by atomic mass is 10.1. The number of aromatic nitrogens is 2. The van der Waals surface area contributed by atoms with E-state index in [9.17, 15) is 4.79 Å². The Kier molecular flexibility index (Phi) is 8.19. The van der Waals surface area contributed by atoms with E-state index in [1.807, 2.05) is 72.8 Å². The smallest absolute Gasteiger partial charge is 0.373 e. The molecule has 0 amide bonds. The summed E-state index contributed by atoms with van der Waals surface area (Å²) in [4.78, 5) is 36.9. The standard InChI is InChI=1S/C24H20N2O3.CO2/c27-22(24-26-16-23(29-24)21-8-4-5-15-25-21)14-13-18-9-11-19(12-10-18)17-28-20-6-2-1-3-7-20;2-1-3/h1-12,15-16H,13-14,17H2;. The molecule has 7 nitrogen and oxygen atoms in total. The molecular formula is C25H20N2O5. The van der Waals surface area contributed by atoms with Crippen molar-refractivity contribution in [1.82, 2.24) is 9.97 Å². The van der Waals surface area contributed by atoms with E-state index in [0.29, 0.717) is 30.9 Å². The lowest BCUT2D eigenvalue weighted by Gasteiger charge is -2.07. The highest BCUT2D eigenvalue weighted by Crippen LogP contribution is 2.19. The zero-order valence-corrected chi connectivity index (χ0v) is 17.1. The molecule has 4 aromatic rings. The molecule has 0 bridgehead atoms. The number of ether oxygens (including phenoxy) is 1. The van der Waals surface area contributed by atoms with Gasteiger partial charge in [0.05, 0.1) is 6.20 Å². The Morgan fingerprint density at radius 1 is 0.875 bits per heavy atom. The molecule has 0 aliphatic carbocycles. The normalized spacial score (nSPS) is 9.88. The van der Waals surface area contributed by atoms with Gasteiger partial charge < -0.3 is 9.15 Å². The first-order valence-corrected chi connectivity index (χ1v) is 9.85. The predicted octanol–water partition coefficient (Wildman–Crippen LogP) is 4.55. The minimum Gasteiger partial charge on any atom is -0.489 e. The monoisotopic (exact) mass is 428 g/mol. The van der Waals surface area contributed by atoms with Gasteiger partial charge in [-0.3, -0.25) is 9.78 Å². The number of Topliss-reactive ketones (excluding diaryl/α,β-unsaturated/α-hetero) is 1. The van der Waals surface area contributed by atoms with Crippen molar-refractivity contribution in [2.75, 3.05) is 0 Å². The van der Waals surface area contributed by atoms with Gasteiger partial charge in [0, 0.05) is 12.6 Å². The van der Waals surface area contributed by atoms with E-state index in [4.69, 9.17) is 18.7 Å². The van der Waals surface area contributed by atoms with Gasteiger partial charge in [-0.25, -0.2) is 4.98 Å².